The molecule has 3 fully saturated rings. The molecule has 2 heterocycles. The molecule has 0 radical (unpaired) electrons. The van der Waals surface area contributed by atoms with Crippen molar-refractivity contribution in [1.82, 2.24) is 0 Å². The van der Waals surface area contributed by atoms with E-state index in [1.165, 1.54) is 0 Å². The molecule has 1 N–H and O–H groups in total. The number of hydrogen-bond acceptors (Lipinski definition) is 6. The zero-order chi connectivity index (χ0) is 19.0. The van der Waals surface area contributed by atoms with E-state index in [1.54, 1.807) is 19.9 Å². The molecule has 0 amide bonds. The van der Waals surface area contributed by atoms with E-state index in [9.17, 15) is 14.7 Å². The number of aliphatic hydroxyl groups is 1. The van der Waals surface area contributed by atoms with Crippen LogP contribution in [-0.4, -0.2) is 47.1 Å². The predicted molar refractivity (Wildman–Crippen MR) is 91.9 cm³/mol. The Kier molecular flexibility index (Phi) is 3.72. The number of esters is 2. The van der Waals surface area contributed by atoms with Crippen LogP contribution in [0.3, 0.4) is 0 Å². The molecule has 7 atom stereocenters. The second-order valence-corrected chi connectivity index (χ2v) is 7.89. The molecule has 2 aliphatic heterocycles. The van der Waals surface area contributed by atoms with Crippen molar-refractivity contribution in [2.75, 3.05) is 0 Å². The Hall–Kier alpha value is -1.92. The number of ether oxygens (including phenoxy) is 3. The average molecular weight is 360 g/mol. The van der Waals surface area contributed by atoms with Crippen LogP contribution in [0.15, 0.2) is 34.9 Å². The molecule has 4 rings (SSSR count). The predicted octanol–water partition coefficient (Wildman–Crippen LogP) is 1.83. The smallest absolute Gasteiger partial charge is 0.334 e. The highest BCUT2D eigenvalue weighted by atomic mass is 16.6. The zero-order valence-corrected chi connectivity index (χ0v) is 15.4. The maximum atomic E-state index is 12.3. The molecule has 2 saturated heterocycles. The Bertz CT molecular complexity index is 777. The normalized spacial score (nSPS) is 44.1. The van der Waals surface area contributed by atoms with Gasteiger partial charge < -0.3 is 19.3 Å². The fourth-order valence-electron chi connectivity index (χ4n) is 4.79. The number of carbonyl (C=O) groups is 2. The molecule has 0 aromatic heterocycles. The van der Waals surface area contributed by atoms with E-state index in [4.69, 9.17) is 14.2 Å². The molecule has 6 nitrogen and oxygen atoms in total. The first kappa shape index (κ1) is 17.5. The van der Waals surface area contributed by atoms with Crippen molar-refractivity contribution in [2.24, 2.45) is 11.8 Å². The molecule has 2 aliphatic carbocycles. The summed E-state index contributed by atoms with van der Waals surface area (Å²) in [6, 6.07) is 0. The second-order valence-electron chi connectivity index (χ2n) is 7.89. The molecule has 4 aliphatic rings. The van der Waals surface area contributed by atoms with Gasteiger partial charge in [0.25, 0.3) is 0 Å². The minimum absolute atomic E-state index is 0.0783. The van der Waals surface area contributed by atoms with E-state index < -0.39 is 41.8 Å². The standard InChI is InChI=1S/C20H24O6/c1-6-8(2)18(22)24-16-9(3)11-7-12-20(5,26-12)14(11)17-13(15(16)21)10(4)19(23)25-17/h6,12-17,21H,4,7H2,1-3,5H3/b8-6-. The molecule has 7 unspecified atom stereocenters. The van der Waals surface area contributed by atoms with Crippen molar-refractivity contribution in [3.63, 3.8) is 0 Å². The quantitative estimate of drug-likeness (QED) is 0.350. The summed E-state index contributed by atoms with van der Waals surface area (Å²) < 4.78 is 17.1. The van der Waals surface area contributed by atoms with Gasteiger partial charge in [0.05, 0.1) is 12.0 Å². The van der Waals surface area contributed by atoms with Gasteiger partial charge in [0.1, 0.15) is 23.9 Å². The third kappa shape index (κ3) is 2.18. The maximum Gasteiger partial charge on any atom is 0.334 e. The van der Waals surface area contributed by atoms with Crippen LogP contribution in [0.1, 0.15) is 34.1 Å². The van der Waals surface area contributed by atoms with E-state index in [1.807, 2.05) is 13.8 Å². The molecular formula is C20H24O6. The summed E-state index contributed by atoms with van der Waals surface area (Å²) in [5, 5.41) is 11.1. The van der Waals surface area contributed by atoms with Gasteiger partial charge in [-0.3, -0.25) is 0 Å². The molecular weight excluding hydrogens is 336 g/mol. The molecule has 0 aromatic rings. The highest BCUT2D eigenvalue weighted by Crippen LogP contribution is 2.62. The summed E-state index contributed by atoms with van der Waals surface area (Å²) in [7, 11) is 0. The lowest BCUT2D eigenvalue weighted by Crippen LogP contribution is -2.43. The second kappa shape index (κ2) is 5.54. The van der Waals surface area contributed by atoms with Gasteiger partial charge in [-0.05, 0) is 39.7 Å². The number of allylic oxidation sites excluding steroid dienone is 1. The van der Waals surface area contributed by atoms with Gasteiger partial charge in [-0.1, -0.05) is 18.2 Å². The molecule has 26 heavy (non-hydrogen) atoms. The topological polar surface area (TPSA) is 85.4 Å². The van der Waals surface area contributed by atoms with Crippen LogP contribution in [0.2, 0.25) is 0 Å². The molecule has 140 valence electrons. The number of hydrogen-bond donors (Lipinski definition) is 1. The van der Waals surface area contributed by atoms with Gasteiger partial charge in [-0.15, -0.1) is 0 Å². The fraction of sp³-hybridized carbons (Fsp3) is 0.600. The van der Waals surface area contributed by atoms with Crippen LogP contribution in [-0.2, 0) is 23.8 Å². The minimum Gasteiger partial charge on any atom is -0.457 e. The Morgan fingerprint density at radius 2 is 2.15 bits per heavy atom. The summed E-state index contributed by atoms with van der Waals surface area (Å²) >= 11 is 0. The van der Waals surface area contributed by atoms with Gasteiger partial charge in [0, 0.05) is 17.1 Å². The van der Waals surface area contributed by atoms with Crippen LogP contribution >= 0.6 is 0 Å². The molecule has 0 bridgehead atoms. The molecule has 0 aromatic carbocycles. The van der Waals surface area contributed by atoms with Gasteiger partial charge in [-0.25, -0.2) is 9.59 Å². The van der Waals surface area contributed by atoms with E-state index in [0.29, 0.717) is 12.0 Å². The van der Waals surface area contributed by atoms with E-state index in [0.717, 1.165) is 11.1 Å². The van der Waals surface area contributed by atoms with Gasteiger partial charge >= 0.3 is 11.9 Å². The maximum absolute atomic E-state index is 12.3. The lowest BCUT2D eigenvalue weighted by Gasteiger charge is -2.29. The van der Waals surface area contributed by atoms with E-state index in [2.05, 4.69) is 6.58 Å². The van der Waals surface area contributed by atoms with Crippen LogP contribution in [0, 0.1) is 11.8 Å². The van der Waals surface area contributed by atoms with Crippen molar-refractivity contribution in [3.8, 4) is 0 Å². The highest BCUT2D eigenvalue weighted by molar-refractivity contribution is 5.91. The SMILES string of the molecule is C=C1C(=O)OC2C1C(O)C(OC(=O)/C(C)=C\C)C(C)=C1CC3OC3(C)C12. The van der Waals surface area contributed by atoms with Crippen molar-refractivity contribution in [3.05, 3.63) is 34.9 Å². The van der Waals surface area contributed by atoms with Crippen molar-refractivity contribution >= 4 is 11.9 Å². The summed E-state index contributed by atoms with van der Waals surface area (Å²) in [4.78, 5) is 24.5. The first-order valence-electron chi connectivity index (χ1n) is 8.99. The van der Waals surface area contributed by atoms with Crippen LogP contribution in [0.4, 0.5) is 0 Å². The summed E-state index contributed by atoms with van der Waals surface area (Å²) in [5.41, 5.74) is 2.19. The Balaban J connectivity index is 1.78. The first-order valence-corrected chi connectivity index (χ1v) is 8.99. The number of epoxide rings is 1. The van der Waals surface area contributed by atoms with Crippen LogP contribution in [0.5, 0.6) is 0 Å². The number of fused-ring (bicyclic) bond motifs is 5. The van der Waals surface area contributed by atoms with Crippen molar-refractivity contribution < 1.29 is 28.9 Å². The highest BCUT2D eigenvalue weighted by Gasteiger charge is 2.70. The third-order valence-electron chi connectivity index (χ3n) is 6.57. The number of aliphatic hydroxyl groups excluding tert-OH is 1. The third-order valence-corrected chi connectivity index (χ3v) is 6.57. The monoisotopic (exact) mass is 360 g/mol. The van der Waals surface area contributed by atoms with Crippen LogP contribution in [0.25, 0.3) is 0 Å². The molecule has 1 saturated carbocycles. The lowest BCUT2D eigenvalue weighted by atomic mass is 9.80. The zero-order valence-electron chi connectivity index (χ0n) is 15.4. The Labute approximate surface area is 152 Å². The van der Waals surface area contributed by atoms with Crippen molar-refractivity contribution in [2.45, 2.75) is 64.1 Å². The fourth-order valence-corrected chi connectivity index (χ4v) is 4.79. The number of rotatable bonds is 2. The average Bonchev–Trinajstić information content (AvgIpc) is 3.06. The summed E-state index contributed by atoms with van der Waals surface area (Å²) in [5.74, 6) is -1.75. The molecule has 6 heteroatoms. The van der Waals surface area contributed by atoms with Crippen molar-refractivity contribution in [1.29, 1.82) is 0 Å². The van der Waals surface area contributed by atoms with Gasteiger partial charge in [0.15, 0.2) is 0 Å². The summed E-state index contributed by atoms with van der Waals surface area (Å²) in [6.45, 7) is 11.1. The Morgan fingerprint density at radius 1 is 1.46 bits per heavy atom. The van der Waals surface area contributed by atoms with Crippen LogP contribution < -0.4 is 0 Å². The van der Waals surface area contributed by atoms with Gasteiger partial charge in [-0.2, -0.15) is 0 Å². The van der Waals surface area contributed by atoms with Gasteiger partial charge in [0.2, 0.25) is 0 Å². The summed E-state index contributed by atoms with van der Waals surface area (Å²) in [6.07, 6.45) is -0.0265. The largest absolute Gasteiger partial charge is 0.457 e. The first-order chi connectivity index (χ1) is 12.2. The molecule has 0 spiro atoms. The lowest BCUT2D eigenvalue weighted by molar-refractivity contribution is -0.151. The van der Waals surface area contributed by atoms with E-state index >= 15 is 0 Å². The number of carbonyl (C=O) groups excluding carboxylic acids is 2. The van der Waals surface area contributed by atoms with E-state index in [-0.39, 0.29) is 17.6 Å². The minimum atomic E-state index is -1.09. The Morgan fingerprint density at radius 3 is 2.81 bits per heavy atom.